The molecular weight excluding hydrogens is 209 g/mol. The zero-order valence-corrected chi connectivity index (χ0v) is 9.62. The van der Waals surface area contributed by atoms with Crippen LogP contribution in [0.15, 0.2) is 18.2 Å². The Morgan fingerprint density at radius 2 is 2.00 bits per heavy atom. The van der Waals surface area contributed by atoms with E-state index in [2.05, 4.69) is 0 Å². The first-order chi connectivity index (χ1) is 7.23. The maximum Gasteiger partial charge on any atom is 0.335 e. The molecule has 0 bridgehead atoms. The van der Waals surface area contributed by atoms with E-state index >= 15 is 0 Å². The number of hydrogen-bond donors (Lipinski definition) is 2. The quantitative estimate of drug-likeness (QED) is 0.813. The van der Waals surface area contributed by atoms with Crippen molar-refractivity contribution in [3.63, 3.8) is 0 Å². The van der Waals surface area contributed by atoms with Gasteiger partial charge in [0.15, 0.2) is 0 Å². The zero-order valence-electron chi connectivity index (χ0n) is 9.62. The van der Waals surface area contributed by atoms with Gasteiger partial charge in [0.25, 0.3) is 0 Å². The summed E-state index contributed by atoms with van der Waals surface area (Å²) < 4.78 is 13.5. The third-order valence-electron chi connectivity index (χ3n) is 2.51. The molecule has 3 nitrogen and oxygen atoms in total. The maximum atomic E-state index is 13.5. The van der Waals surface area contributed by atoms with Crippen LogP contribution in [0.3, 0.4) is 0 Å². The van der Waals surface area contributed by atoms with Gasteiger partial charge in [-0.15, -0.1) is 0 Å². The molecule has 0 amide bonds. The van der Waals surface area contributed by atoms with Gasteiger partial charge in [-0.25, -0.2) is 9.18 Å². The Labute approximate surface area is 94.1 Å². The fraction of sp³-hybridized carbons (Fsp3) is 0.417. The average Bonchev–Trinajstić information content (AvgIpc) is 2.15. The molecule has 1 rings (SSSR count). The summed E-state index contributed by atoms with van der Waals surface area (Å²) in [7, 11) is 0. The number of carboxylic acids is 1. The Morgan fingerprint density at radius 3 is 2.44 bits per heavy atom. The molecular formula is C12H16FNO2. The molecule has 0 saturated heterocycles. The fourth-order valence-corrected chi connectivity index (χ4v) is 1.38. The molecule has 1 aromatic carbocycles. The third kappa shape index (κ3) is 2.58. The van der Waals surface area contributed by atoms with Crippen LogP contribution in [-0.2, 0) is 0 Å². The fourth-order valence-electron chi connectivity index (χ4n) is 1.38. The number of benzene rings is 1. The molecule has 0 radical (unpaired) electrons. The van der Waals surface area contributed by atoms with E-state index in [9.17, 15) is 9.18 Å². The van der Waals surface area contributed by atoms with Gasteiger partial charge >= 0.3 is 5.97 Å². The van der Waals surface area contributed by atoms with Crippen LogP contribution in [0.4, 0.5) is 4.39 Å². The van der Waals surface area contributed by atoms with Gasteiger partial charge in [0.2, 0.25) is 0 Å². The SMILES string of the molecule is CC(C)(C)C(N)c1cc(C(=O)O)ccc1F. The summed E-state index contributed by atoms with van der Waals surface area (Å²) in [6.45, 7) is 5.64. The molecule has 0 saturated carbocycles. The van der Waals surface area contributed by atoms with Crippen LogP contribution in [-0.4, -0.2) is 11.1 Å². The summed E-state index contributed by atoms with van der Waals surface area (Å²) in [4.78, 5) is 10.8. The summed E-state index contributed by atoms with van der Waals surface area (Å²) in [6, 6.07) is 3.14. The molecule has 16 heavy (non-hydrogen) atoms. The lowest BCUT2D eigenvalue weighted by Gasteiger charge is -2.27. The van der Waals surface area contributed by atoms with E-state index in [-0.39, 0.29) is 16.5 Å². The highest BCUT2D eigenvalue weighted by Gasteiger charge is 2.25. The number of carbonyl (C=O) groups is 1. The van der Waals surface area contributed by atoms with Crippen molar-refractivity contribution in [3.05, 3.63) is 35.1 Å². The number of aromatic carboxylic acids is 1. The van der Waals surface area contributed by atoms with Crippen LogP contribution in [0.1, 0.15) is 42.7 Å². The van der Waals surface area contributed by atoms with Crippen LogP contribution in [0.5, 0.6) is 0 Å². The van der Waals surface area contributed by atoms with Crippen molar-refractivity contribution in [2.45, 2.75) is 26.8 Å². The van der Waals surface area contributed by atoms with Crippen molar-refractivity contribution < 1.29 is 14.3 Å². The minimum atomic E-state index is -1.08. The van der Waals surface area contributed by atoms with Crippen LogP contribution < -0.4 is 5.73 Å². The highest BCUT2D eigenvalue weighted by molar-refractivity contribution is 5.87. The smallest absolute Gasteiger partial charge is 0.335 e. The molecule has 88 valence electrons. The van der Waals surface area contributed by atoms with Crippen molar-refractivity contribution in [2.75, 3.05) is 0 Å². The van der Waals surface area contributed by atoms with Gasteiger partial charge in [-0.3, -0.25) is 0 Å². The molecule has 3 N–H and O–H groups in total. The lowest BCUT2D eigenvalue weighted by molar-refractivity contribution is 0.0696. The van der Waals surface area contributed by atoms with Crippen molar-refractivity contribution in [1.29, 1.82) is 0 Å². The molecule has 1 atom stereocenters. The van der Waals surface area contributed by atoms with E-state index in [1.54, 1.807) is 0 Å². The van der Waals surface area contributed by atoms with E-state index in [4.69, 9.17) is 10.8 Å². The second kappa shape index (κ2) is 4.22. The van der Waals surface area contributed by atoms with Gasteiger partial charge in [0, 0.05) is 11.6 Å². The van der Waals surface area contributed by atoms with Crippen LogP contribution in [0.25, 0.3) is 0 Å². The number of hydrogen-bond acceptors (Lipinski definition) is 2. The number of nitrogens with two attached hydrogens (primary N) is 1. The highest BCUT2D eigenvalue weighted by Crippen LogP contribution is 2.32. The average molecular weight is 225 g/mol. The summed E-state index contributed by atoms with van der Waals surface area (Å²) in [6.07, 6.45) is 0. The summed E-state index contributed by atoms with van der Waals surface area (Å²) in [5, 5.41) is 8.82. The van der Waals surface area contributed by atoms with Gasteiger partial charge in [-0.05, 0) is 23.6 Å². The largest absolute Gasteiger partial charge is 0.478 e. The lowest BCUT2D eigenvalue weighted by atomic mass is 9.82. The second-order valence-electron chi connectivity index (χ2n) is 4.89. The minimum absolute atomic E-state index is 0.0519. The zero-order chi connectivity index (χ0) is 12.5. The molecule has 0 aliphatic rings. The molecule has 0 heterocycles. The van der Waals surface area contributed by atoms with Gasteiger partial charge in [0.1, 0.15) is 5.82 Å². The van der Waals surface area contributed by atoms with Crippen LogP contribution >= 0.6 is 0 Å². The number of rotatable bonds is 2. The van der Waals surface area contributed by atoms with E-state index in [0.717, 1.165) is 6.07 Å². The molecule has 1 unspecified atom stereocenters. The molecule has 0 spiro atoms. The van der Waals surface area contributed by atoms with E-state index in [1.807, 2.05) is 20.8 Å². The normalized spacial score (nSPS) is 13.6. The predicted molar refractivity (Wildman–Crippen MR) is 59.7 cm³/mol. The van der Waals surface area contributed by atoms with Gasteiger partial charge in [-0.2, -0.15) is 0 Å². The summed E-state index contributed by atoms with van der Waals surface area (Å²) in [5.41, 5.74) is 5.88. The third-order valence-corrected chi connectivity index (χ3v) is 2.51. The van der Waals surface area contributed by atoms with E-state index in [0.29, 0.717) is 0 Å². The monoisotopic (exact) mass is 225 g/mol. The number of halogens is 1. The first-order valence-corrected chi connectivity index (χ1v) is 5.02. The summed E-state index contributed by atoms with van der Waals surface area (Å²) >= 11 is 0. The van der Waals surface area contributed by atoms with Crippen molar-refractivity contribution in [3.8, 4) is 0 Å². The van der Waals surface area contributed by atoms with Crippen LogP contribution in [0.2, 0.25) is 0 Å². The van der Waals surface area contributed by atoms with Crippen molar-refractivity contribution in [2.24, 2.45) is 11.1 Å². The molecule has 0 aromatic heterocycles. The van der Waals surface area contributed by atoms with Crippen LogP contribution in [0, 0.1) is 11.2 Å². The van der Waals surface area contributed by atoms with Gasteiger partial charge in [-0.1, -0.05) is 20.8 Å². The van der Waals surface area contributed by atoms with Gasteiger partial charge < -0.3 is 10.8 Å². The Balaban J connectivity index is 3.22. The number of carboxylic acid groups (broad SMARTS) is 1. The first-order valence-electron chi connectivity index (χ1n) is 5.02. The minimum Gasteiger partial charge on any atom is -0.478 e. The first kappa shape index (κ1) is 12.6. The Bertz CT molecular complexity index is 410. The summed E-state index contributed by atoms with van der Waals surface area (Å²) in [5.74, 6) is -1.55. The van der Waals surface area contributed by atoms with Crippen molar-refractivity contribution in [1.82, 2.24) is 0 Å². The second-order valence-corrected chi connectivity index (χ2v) is 4.89. The Morgan fingerprint density at radius 1 is 1.44 bits per heavy atom. The van der Waals surface area contributed by atoms with Crippen molar-refractivity contribution >= 4 is 5.97 Å². The highest BCUT2D eigenvalue weighted by atomic mass is 19.1. The van der Waals surface area contributed by atoms with E-state index < -0.39 is 17.8 Å². The molecule has 4 heteroatoms. The maximum absolute atomic E-state index is 13.5. The Kier molecular flexibility index (Phi) is 3.33. The Hall–Kier alpha value is -1.42. The molecule has 0 aliphatic carbocycles. The molecule has 1 aromatic rings. The van der Waals surface area contributed by atoms with Gasteiger partial charge in [0.05, 0.1) is 5.56 Å². The van der Waals surface area contributed by atoms with E-state index in [1.165, 1.54) is 12.1 Å². The molecule has 0 fully saturated rings. The standard InChI is InChI=1S/C12H16FNO2/c1-12(2,3)10(14)8-6-7(11(15)16)4-5-9(8)13/h4-6,10H,14H2,1-3H3,(H,15,16). The topological polar surface area (TPSA) is 63.3 Å². The molecule has 0 aliphatic heterocycles. The lowest BCUT2D eigenvalue weighted by Crippen LogP contribution is -2.27. The predicted octanol–water partition coefficient (Wildman–Crippen LogP) is 2.57.